The molecule has 35 heavy (non-hydrogen) atoms. The number of hydrogen-bond acceptors (Lipinski definition) is 7. The molecule has 3 aromatic rings. The minimum atomic E-state index is -1.33. The van der Waals surface area contributed by atoms with E-state index in [1.54, 1.807) is 13.8 Å². The van der Waals surface area contributed by atoms with E-state index in [1.807, 2.05) is 0 Å². The van der Waals surface area contributed by atoms with E-state index in [1.165, 1.54) is 59.3 Å². The normalized spacial score (nSPS) is 13.8. The molecule has 1 aliphatic heterocycles. The van der Waals surface area contributed by atoms with E-state index in [4.69, 9.17) is 0 Å². The molecule has 0 saturated heterocycles. The molecule has 0 spiro atoms. The average Bonchev–Trinajstić information content (AvgIpc) is 3.24. The van der Waals surface area contributed by atoms with Crippen LogP contribution in [0, 0.1) is 6.92 Å². The number of aromatic nitrogens is 2. The third kappa shape index (κ3) is 6.10. The summed E-state index contributed by atoms with van der Waals surface area (Å²) in [6, 6.07) is 11.1. The molecule has 2 heterocycles. The third-order valence-corrected chi connectivity index (χ3v) is 5.18. The molecule has 0 fully saturated rings. The van der Waals surface area contributed by atoms with Crippen LogP contribution in [0.3, 0.4) is 0 Å². The maximum Gasteiger partial charge on any atom is 1.00 e. The van der Waals surface area contributed by atoms with Gasteiger partial charge in [-0.15, -0.1) is 0 Å². The van der Waals surface area contributed by atoms with Crippen molar-refractivity contribution in [2.75, 3.05) is 5.01 Å². The number of aromatic carboxylic acids is 2. The molecule has 1 amide bonds. The maximum absolute atomic E-state index is 13.0. The van der Waals surface area contributed by atoms with Crippen molar-refractivity contribution < 1.29 is 127 Å². The van der Waals surface area contributed by atoms with Gasteiger partial charge >= 0.3 is 103 Å². The smallest absolute Gasteiger partial charge is 0.545 e. The molecule has 0 saturated carbocycles. The second-order valence-corrected chi connectivity index (χ2v) is 7.32. The fraction of sp³-hybridized carbons (Fsp3) is 0.0870. The van der Waals surface area contributed by atoms with Gasteiger partial charge in [-0.05, 0) is 55.3 Å². The average molecular weight is 523 g/mol. The molecular weight excluding hydrogens is 506 g/mol. The fourth-order valence-electron chi connectivity index (χ4n) is 3.40. The summed E-state index contributed by atoms with van der Waals surface area (Å²) in [4.78, 5) is 47.8. The maximum atomic E-state index is 13.0. The number of hydrogen-bond donors (Lipinski definition) is 1. The SMILES string of the molecule is CC1=NN(c2ccc(C(=O)[O-])cc2)C(=O)/C1=C\c1c(C)[nH]n(-c2ccc(C(=O)[O-])cc2)c1=O.[K+].[K+]. The Labute approximate surface area is 284 Å². The first kappa shape index (κ1) is 29.8. The van der Waals surface area contributed by atoms with Gasteiger partial charge in [-0.25, -0.2) is 4.68 Å². The van der Waals surface area contributed by atoms with Gasteiger partial charge in [0.25, 0.3) is 11.5 Å². The van der Waals surface area contributed by atoms with Crippen LogP contribution in [0.5, 0.6) is 0 Å². The molecule has 2 aromatic carbocycles. The van der Waals surface area contributed by atoms with Gasteiger partial charge in [0.15, 0.2) is 0 Å². The molecule has 1 N–H and O–H groups in total. The van der Waals surface area contributed by atoms with Gasteiger partial charge in [0, 0.05) is 5.69 Å². The number of amides is 1. The first-order valence-corrected chi connectivity index (χ1v) is 9.74. The molecular formula is C23H16K2N4O6. The van der Waals surface area contributed by atoms with Crippen LogP contribution in [0.25, 0.3) is 11.8 Å². The predicted molar refractivity (Wildman–Crippen MR) is 115 cm³/mol. The zero-order valence-electron chi connectivity index (χ0n) is 19.5. The summed E-state index contributed by atoms with van der Waals surface area (Å²) >= 11 is 0. The Bertz CT molecular complexity index is 1420. The number of carboxylic acids is 2. The fourth-order valence-corrected chi connectivity index (χ4v) is 3.40. The second-order valence-electron chi connectivity index (χ2n) is 7.32. The zero-order valence-corrected chi connectivity index (χ0v) is 25.7. The minimum absolute atomic E-state index is 0. The summed E-state index contributed by atoms with van der Waals surface area (Å²) in [5, 5.41) is 30.1. The summed E-state index contributed by atoms with van der Waals surface area (Å²) in [6.45, 7) is 3.29. The summed E-state index contributed by atoms with van der Waals surface area (Å²) in [5.74, 6) is -3.13. The summed E-state index contributed by atoms with van der Waals surface area (Å²) in [7, 11) is 0. The van der Waals surface area contributed by atoms with E-state index >= 15 is 0 Å². The van der Waals surface area contributed by atoms with Gasteiger partial charge < -0.3 is 19.8 Å². The van der Waals surface area contributed by atoms with Crippen molar-refractivity contribution in [2.24, 2.45) is 5.10 Å². The Hall–Kier alpha value is -1.46. The van der Waals surface area contributed by atoms with Crippen LogP contribution in [-0.2, 0) is 4.79 Å². The van der Waals surface area contributed by atoms with E-state index in [2.05, 4.69) is 10.2 Å². The molecule has 10 nitrogen and oxygen atoms in total. The van der Waals surface area contributed by atoms with Gasteiger partial charge in [0.05, 0.1) is 40.2 Å². The molecule has 166 valence electrons. The third-order valence-electron chi connectivity index (χ3n) is 5.18. The molecule has 0 radical (unpaired) electrons. The number of nitrogens with one attached hydrogen (secondary N) is 1. The Balaban J connectivity index is 0.00000216. The van der Waals surface area contributed by atoms with Crippen molar-refractivity contribution in [2.45, 2.75) is 13.8 Å². The van der Waals surface area contributed by atoms with Crippen molar-refractivity contribution in [3.63, 3.8) is 0 Å². The van der Waals surface area contributed by atoms with Crippen molar-refractivity contribution in [3.05, 3.63) is 86.8 Å². The molecule has 0 atom stereocenters. The number of carboxylic acid groups (broad SMARTS) is 2. The molecule has 0 aliphatic carbocycles. The standard InChI is InChI=1S/C23H18N4O6.2K/c1-12-18(20(28)26(24-12)16-7-3-14(4-8-16)22(30)31)11-19-13(2)25-27(21(19)29)17-9-5-15(6-10-17)23(32)33;;/h3-11,24H,1-2H3,(H,30,31)(H,32,33);;/q;2*+1/p-2/b19-11-;;. The van der Waals surface area contributed by atoms with Crippen molar-refractivity contribution in [1.29, 1.82) is 0 Å². The number of H-pyrrole nitrogens is 1. The van der Waals surface area contributed by atoms with E-state index in [9.17, 15) is 29.4 Å². The van der Waals surface area contributed by atoms with E-state index in [-0.39, 0.29) is 125 Å². The Morgan fingerprint density at radius 2 is 1.34 bits per heavy atom. The number of carbonyl (C=O) groups excluding carboxylic acids is 3. The van der Waals surface area contributed by atoms with Crippen molar-refractivity contribution in [3.8, 4) is 5.69 Å². The number of rotatable bonds is 5. The number of benzene rings is 2. The molecule has 4 rings (SSSR count). The van der Waals surface area contributed by atoms with Gasteiger partial charge in [-0.2, -0.15) is 10.1 Å². The quantitative estimate of drug-likeness (QED) is 0.260. The Morgan fingerprint density at radius 3 is 1.83 bits per heavy atom. The predicted octanol–water partition coefficient (Wildman–Crippen LogP) is -5.98. The molecule has 12 heteroatoms. The number of hydrazone groups is 1. The molecule has 0 bridgehead atoms. The summed E-state index contributed by atoms with van der Waals surface area (Å²) in [6.07, 6.45) is 1.44. The van der Waals surface area contributed by atoms with Crippen LogP contribution in [0.15, 0.2) is 64.0 Å². The van der Waals surface area contributed by atoms with Crippen LogP contribution in [0.2, 0.25) is 0 Å². The number of anilines is 1. The van der Waals surface area contributed by atoms with Crippen LogP contribution in [-0.4, -0.2) is 33.3 Å². The van der Waals surface area contributed by atoms with Crippen molar-refractivity contribution in [1.82, 2.24) is 9.78 Å². The Morgan fingerprint density at radius 1 is 0.857 bits per heavy atom. The van der Waals surface area contributed by atoms with Gasteiger partial charge in [-0.3, -0.25) is 14.7 Å². The largest absolute Gasteiger partial charge is 1.00 e. The van der Waals surface area contributed by atoms with Crippen LogP contribution >= 0.6 is 0 Å². The van der Waals surface area contributed by atoms with Gasteiger partial charge in [0.2, 0.25) is 0 Å². The number of nitrogens with zero attached hydrogens (tertiary/aromatic N) is 3. The number of aromatic amines is 1. The van der Waals surface area contributed by atoms with Crippen LogP contribution in [0.1, 0.15) is 38.9 Å². The van der Waals surface area contributed by atoms with Crippen LogP contribution < -0.4 is 124 Å². The zero-order chi connectivity index (χ0) is 23.9. The van der Waals surface area contributed by atoms with Gasteiger partial charge in [0.1, 0.15) is 0 Å². The second kappa shape index (κ2) is 12.2. The van der Waals surface area contributed by atoms with Gasteiger partial charge in [-0.1, -0.05) is 24.3 Å². The summed E-state index contributed by atoms with van der Waals surface area (Å²) in [5.41, 5.74) is 1.62. The van der Waals surface area contributed by atoms with E-state index in [0.717, 1.165) is 5.01 Å². The number of aryl methyl sites for hydroxylation is 1. The topological polar surface area (TPSA) is 151 Å². The molecule has 1 aromatic heterocycles. The molecule has 1 aliphatic rings. The Kier molecular flexibility index (Phi) is 10.4. The van der Waals surface area contributed by atoms with E-state index in [0.29, 0.717) is 22.8 Å². The first-order valence-electron chi connectivity index (χ1n) is 9.74. The molecule has 0 unspecified atom stereocenters. The number of carbonyl (C=O) groups is 3. The van der Waals surface area contributed by atoms with Crippen LogP contribution in [0.4, 0.5) is 5.69 Å². The monoisotopic (exact) mass is 522 g/mol. The minimum Gasteiger partial charge on any atom is -0.545 e. The summed E-state index contributed by atoms with van der Waals surface area (Å²) < 4.78 is 1.24. The van der Waals surface area contributed by atoms with E-state index < -0.39 is 23.4 Å². The first-order chi connectivity index (χ1) is 15.7. The van der Waals surface area contributed by atoms with Crippen molar-refractivity contribution >= 4 is 35.3 Å².